The van der Waals surface area contributed by atoms with Gasteiger partial charge in [-0.05, 0) is 20.8 Å². The molecule has 0 spiro atoms. The fraction of sp³-hybridized carbons (Fsp3) is 0.800. The molecule has 1 heterocycles. The van der Waals surface area contributed by atoms with Crippen molar-refractivity contribution in [1.82, 2.24) is 10.2 Å². The summed E-state index contributed by atoms with van der Waals surface area (Å²) in [5.41, 5.74) is 0. The number of nitrogens with one attached hydrogen (secondary N) is 1. The molecule has 1 rings (SSSR count). The standard InChI is InChI=1S/C10H20N2/c1-4-5-6-12-8-9(2)11-7-10(12)3/h4-5,9-11H,6-8H2,1-3H3. The van der Waals surface area contributed by atoms with E-state index >= 15 is 0 Å². The monoisotopic (exact) mass is 168 g/mol. The lowest BCUT2D eigenvalue weighted by molar-refractivity contribution is 0.163. The van der Waals surface area contributed by atoms with Crippen molar-refractivity contribution in [1.29, 1.82) is 0 Å². The first-order valence-electron chi connectivity index (χ1n) is 4.82. The lowest BCUT2D eigenvalue weighted by Gasteiger charge is -2.36. The molecule has 1 saturated heterocycles. The van der Waals surface area contributed by atoms with Crippen molar-refractivity contribution in [3.8, 4) is 0 Å². The SMILES string of the molecule is CC=CCN1CC(C)NCC1C. The summed E-state index contributed by atoms with van der Waals surface area (Å²) in [6.07, 6.45) is 4.36. The van der Waals surface area contributed by atoms with Crippen molar-refractivity contribution in [3.63, 3.8) is 0 Å². The highest BCUT2D eigenvalue weighted by molar-refractivity contribution is 4.88. The lowest BCUT2D eigenvalue weighted by Crippen LogP contribution is -2.54. The Morgan fingerprint density at radius 3 is 2.92 bits per heavy atom. The van der Waals surface area contributed by atoms with Crippen LogP contribution in [0.2, 0.25) is 0 Å². The van der Waals surface area contributed by atoms with Crippen LogP contribution in [0, 0.1) is 0 Å². The van der Waals surface area contributed by atoms with Gasteiger partial charge in [-0.25, -0.2) is 0 Å². The normalized spacial score (nSPS) is 32.9. The molecule has 0 aromatic heterocycles. The molecular weight excluding hydrogens is 148 g/mol. The molecule has 0 aromatic rings. The molecule has 0 radical (unpaired) electrons. The Labute approximate surface area is 75.6 Å². The van der Waals surface area contributed by atoms with Crippen molar-refractivity contribution in [2.45, 2.75) is 32.9 Å². The van der Waals surface area contributed by atoms with E-state index in [-0.39, 0.29) is 0 Å². The molecule has 2 heteroatoms. The van der Waals surface area contributed by atoms with E-state index in [1.807, 2.05) is 0 Å². The number of hydrogen-bond donors (Lipinski definition) is 1. The van der Waals surface area contributed by atoms with Crippen LogP contribution in [0.4, 0.5) is 0 Å². The van der Waals surface area contributed by atoms with Crippen LogP contribution >= 0.6 is 0 Å². The van der Waals surface area contributed by atoms with E-state index < -0.39 is 0 Å². The Morgan fingerprint density at radius 2 is 2.25 bits per heavy atom. The van der Waals surface area contributed by atoms with E-state index in [2.05, 4.69) is 43.1 Å². The topological polar surface area (TPSA) is 15.3 Å². The second-order valence-electron chi connectivity index (χ2n) is 3.68. The molecule has 1 N–H and O–H groups in total. The van der Waals surface area contributed by atoms with E-state index in [0.717, 1.165) is 13.1 Å². The zero-order valence-corrected chi connectivity index (χ0v) is 8.38. The molecule has 2 unspecified atom stereocenters. The van der Waals surface area contributed by atoms with E-state index in [1.54, 1.807) is 0 Å². The quantitative estimate of drug-likeness (QED) is 0.624. The molecule has 1 aliphatic heterocycles. The van der Waals surface area contributed by atoms with E-state index in [0.29, 0.717) is 12.1 Å². The van der Waals surface area contributed by atoms with Gasteiger partial charge in [0.25, 0.3) is 0 Å². The van der Waals surface area contributed by atoms with Crippen LogP contribution in [0.15, 0.2) is 12.2 Å². The van der Waals surface area contributed by atoms with Crippen LogP contribution in [0.5, 0.6) is 0 Å². The van der Waals surface area contributed by atoms with Crippen molar-refractivity contribution in [3.05, 3.63) is 12.2 Å². The highest BCUT2D eigenvalue weighted by Gasteiger charge is 2.20. The van der Waals surface area contributed by atoms with Crippen molar-refractivity contribution in [2.24, 2.45) is 0 Å². The van der Waals surface area contributed by atoms with Crippen LogP contribution in [0.3, 0.4) is 0 Å². The smallest absolute Gasteiger partial charge is 0.0196 e. The predicted octanol–water partition coefficient (Wildman–Crippen LogP) is 1.24. The molecule has 1 fully saturated rings. The summed E-state index contributed by atoms with van der Waals surface area (Å²) in [5.74, 6) is 0. The number of hydrogen-bond acceptors (Lipinski definition) is 2. The zero-order chi connectivity index (χ0) is 8.97. The fourth-order valence-corrected chi connectivity index (χ4v) is 1.59. The van der Waals surface area contributed by atoms with Gasteiger partial charge in [0.2, 0.25) is 0 Å². The molecular formula is C10H20N2. The summed E-state index contributed by atoms with van der Waals surface area (Å²) in [6, 6.07) is 1.32. The molecule has 2 atom stereocenters. The summed E-state index contributed by atoms with van der Waals surface area (Å²) in [4.78, 5) is 2.52. The molecule has 70 valence electrons. The first-order chi connectivity index (χ1) is 5.74. The van der Waals surface area contributed by atoms with Gasteiger partial charge < -0.3 is 5.32 Å². The highest BCUT2D eigenvalue weighted by atomic mass is 15.2. The van der Waals surface area contributed by atoms with Gasteiger partial charge in [-0.3, -0.25) is 4.90 Å². The minimum Gasteiger partial charge on any atom is -0.311 e. The fourth-order valence-electron chi connectivity index (χ4n) is 1.59. The van der Waals surface area contributed by atoms with Crippen LogP contribution in [0.1, 0.15) is 20.8 Å². The van der Waals surface area contributed by atoms with E-state index in [4.69, 9.17) is 0 Å². The maximum Gasteiger partial charge on any atom is 0.0196 e. The number of nitrogens with zero attached hydrogens (tertiary/aromatic N) is 1. The summed E-state index contributed by atoms with van der Waals surface area (Å²) >= 11 is 0. The number of allylic oxidation sites excluding steroid dienone is 1. The summed E-state index contributed by atoms with van der Waals surface area (Å²) < 4.78 is 0. The Morgan fingerprint density at radius 1 is 1.50 bits per heavy atom. The van der Waals surface area contributed by atoms with Gasteiger partial charge in [-0.1, -0.05) is 12.2 Å². The minimum atomic E-state index is 0.645. The van der Waals surface area contributed by atoms with Crippen LogP contribution < -0.4 is 5.32 Å². The van der Waals surface area contributed by atoms with Gasteiger partial charge in [-0.2, -0.15) is 0 Å². The van der Waals surface area contributed by atoms with Gasteiger partial charge in [0, 0.05) is 31.7 Å². The predicted molar refractivity (Wildman–Crippen MR) is 53.3 cm³/mol. The molecule has 0 aromatic carbocycles. The second kappa shape index (κ2) is 4.63. The van der Waals surface area contributed by atoms with E-state index in [9.17, 15) is 0 Å². The van der Waals surface area contributed by atoms with Gasteiger partial charge in [0.1, 0.15) is 0 Å². The molecule has 0 saturated carbocycles. The molecule has 12 heavy (non-hydrogen) atoms. The second-order valence-corrected chi connectivity index (χ2v) is 3.68. The van der Waals surface area contributed by atoms with Gasteiger partial charge >= 0.3 is 0 Å². The average molecular weight is 168 g/mol. The summed E-state index contributed by atoms with van der Waals surface area (Å²) in [5, 5.41) is 3.47. The first kappa shape index (κ1) is 9.75. The largest absolute Gasteiger partial charge is 0.311 e. The first-order valence-corrected chi connectivity index (χ1v) is 4.82. The Hall–Kier alpha value is -0.340. The minimum absolute atomic E-state index is 0.645. The molecule has 0 bridgehead atoms. The third-order valence-corrected chi connectivity index (χ3v) is 2.47. The zero-order valence-electron chi connectivity index (χ0n) is 8.38. The maximum absolute atomic E-state index is 3.47. The summed E-state index contributed by atoms with van der Waals surface area (Å²) in [6.45, 7) is 10.0. The molecule has 0 aliphatic carbocycles. The van der Waals surface area contributed by atoms with Gasteiger partial charge in [0.15, 0.2) is 0 Å². The van der Waals surface area contributed by atoms with E-state index in [1.165, 1.54) is 6.54 Å². The lowest BCUT2D eigenvalue weighted by atomic mass is 10.1. The van der Waals surface area contributed by atoms with Gasteiger partial charge in [-0.15, -0.1) is 0 Å². The third kappa shape index (κ3) is 2.61. The molecule has 2 nitrogen and oxygen atoms in total. The molecule has 1 aliphatic rings. The van der Waals surface area contributed by atoms with Crippen LogP contribution in [0.25, 0.3) is 0 Å². The van der Waals surface area contributed by atoms with Crippen molar-refractivity contribution in [2.75, 3.05) is 19.6 Å². The number of rotatable bonds is 2. The Bertz CT molecular complexity index is 154. The van der Waals surface area contributed by atoms with Crippen molar-refractivity contribution >= 4 is 0 Å². The maximum atomic E-state index is 3.47. The van der Waals surface area contributed by atoms with Gasteiger partial charge in [0.05, 0.1) is 0 Å². The van der Waals surface area contributed by atoms with Crippen molar-refractivity contribution < 1.29 is 0 Å². The average Bonchev–Trinajstić information content (AvgIpc) is 2.07. The van der Waals surface area contributed by atoms with Crippen LogP contribution in [-0.2, 0) is 0 Å². The Balaban J connectivity index is 2.38. The van der Waals surface area contributed by atoms with Crippen LogP contribution in [-0.4, -0.2) is 36.6 Å². The number of piperazine rings is 1. The molecule has 0 amide bonds. The third-order valence-electron chi connectivity index (χ3n) is 2.47. The Kier molecular flexibility index (Phi) is 3.76. The summed E-state index contributed by atoms with van der Waals surface area (Å²) in [7, 11) is 0. The highest BCUT2D eigenvalue weighted by Crippen LogP contribution is 2.05.